The molecule has 0 aliphatic heterocycles. The Morgan fingerprint density at radius 3 is 1.55 bits per heavy atom. The van der Waals surface area contributed by atoms with Crippen LogP contribution >= 0.6 is 0 Å². The van der Waals surface area contributed by atoms with Gasteiger partial charge in [0.05, 0.1) is 16.8 Å². The second-order valence-electron chi connectivity index (χ2n) is 7.23. The third-order valence-electron chi connectivity index (χ3n) is 4.90. The fraction of sp³-hybridized carbons (Fsp3) is 0.200. The molecule has 1 aromatic heterocycles. The smallest absolute Gasteiger partial charge is 0.422 e. The van der Waals surface area contributed by atoms with E-state index in [1.165, 1.54) is 0 Å². The number of hydrogen-bond acceptors (Lipinski definition) is 3. The summed E-state index contributed by atoms with van der Waals surface area (Å²) in [5.74, 6) is -15.8. The molecule has 1 N–H and O–H groups in total. The van der Waals surface area contributed by atoms with E-state index in [-0.39, 0.29) is 29.2 Å². The summed E-state index contributed by atoms with van der Waals surface area (Å²) in [5, 5.41) is 13.4. The number of halogens is 13. The monoisotopic (exact) mass is 609 g/mol. The Balaban J connectivity index is 0.00000507. The molecule has 3 aromatic rings. The quantitative estimate of drug-likeness (QED) is 0.155. The van der Waals surface area contributed by atoms with Crippen LogP contribution in [0, 0.1) is 30.2 Å². The van der Waals surface area contributed by atoms with Crippen LogP contribution in [0.3, 0.4) is 0 Å². The Hall–Kier alpha value is -3.27. The molecule has 0 bridgehead atoms. The zero-order valence-electron chi connectivity index (χ0n) is 17.8. The van der Waals surface area contributed by atoms with Gasteiger partial charge in [0.2, 0.25) is 11.7 Å². The number of aromatic hydroxyl groups is 1. The van der Waals surface area contributed by atoms with Crippen molar-refractivity contribution in [2.24, 2.45) is 0 Å². The molecular formula is C20H7F13MnN2O2. The van der Waals surface area contributed by atoms with Crippen LogP contribution in [-0.2, 0) is 35.6 Å². The average Bonchev–Trinajstić information content (AvgIpc) is 3.03. The molecule has 0 amide bonds. The number of carbonyl (C=O) groups is 1. The van der Waals surface area contributed by atoms with Gasteiger partial charge in [0, 0.05) is 22.6 Å². The number of benzene rings is 2. The Kier molecular flexibility index (Phi) is 7.98. The number of aryl methyl sites for hydroxylation is 1. The van der Waals surface area contributed by atoms with Gasteiger partial charge in [-0.05, 0) is 19.1 Å². The summed E-state index contributed by atoms with van der Waals surface area (Å²) < 4.78 is 175. The van der Waals surface area contributed by atoms with E-state index in [9.17, 15) is 67.0 Å². The number of ketones is 1. The molecule has 1 radical (unpaired) electrons. The van der Waals surface area contributed by atoms with Gasteiger partial charge in [-0.1, -0.05) is 6.07 Å². The molecule has 207 valence electrons. The molecule has 0 unspecified atom stereocenters. The van der Waals surface area contributed by atoms with Crippen LogP contribution in [-0.4, -0.2) is 20.7 Å². The molecule has 0 spiro atoms. The fourth-order valence-corrected chi connectivity index (χ4v) is 3.39. The second-order valence-corrected chi connectivity index (χ2v) is 7.23. The van der Waals surface area contributed by atoms with Gasteiger partial charge in [-0.25, -0.2) is 17.6 Å². The van der Waals surface area contributed by atoms with Gasteiger partial charge in [0.25, 0.3) is 0 Å². The second kappa shape index (κ2) is 9.80. The number of aromatic nitrogens is 2. The molecule has 0 saturated heterocycles. The molecule has 2 aromatic carbocycles. The van der Waals surface area contributed by atoms with E-state index in [0.717, 1.165) is 0 Å². The van der Waals surface area contributed by atoms with E-state index in [1.54, 1.807) is 0 Å². The minimum absolute atomic E-state index is 0. The first kappa shape index (κ1) is 31.0. The van der Waals surface area contributed by atoms with Crippen molar-refractivity contribution in [2.45, 2.75) is 25.5 Å². The summed E-state index contributed by atoms with van der Waals surface area (Å²) in [6, 6.07) is 0.482. The van der Waals surface area contributed by atoms with Crippen molar-refractivity contribution in [3.05, 3.63) is 75.0 Å². The Labute approximate surface area is 212 Å². The maximum atomic E-state index is 14.4. The molecule has 38 heavy (non-hydrogen) atoms. The van der Waals surface area contributed by atoms with E-state index >= 15 is 0 Å². The number of alkyl halides is 9. The minimum atomic E-state index is -5.95. The van der Waals surface area contributed by atoms with Gasteiger partial charge in [-0.3, -0.25) is 4.79 Å². The van der Waals surface area contributed by atoms with Crippen LogP contribution < -0.4 is 0 Å². The summed E-state index contributed by atoms with van der Waals surface area (Å²) in [5.41, 5.74) is -14.1. The van der Waals surface area contributed by atoms with Crippen LogP contribution in [0.2, 0.25) is 0 Å². The SMILES string of the molecule is Cc1nn(-c2c(F)c(F)c(C(F)(F)F)c(F)c2F)c(O)c1C(=O)c1c(C(F)(F)F)cccc1C(F)(F)F.[Mn]. The van der Waals surface area contributed by atoms with Gasteiger partial charge in [-0.2, -0.15) is 49.3 Å². The van der Waals surface area contributed by atoms with Crippen molar-refractivity contribution < 1.29 is 84.0 Å². The van der Waals surface area contributed by atoms with Crippen LogP contribution in [0.25, 0.3) is 5.69 Å². The molecule has 1 heterocycles. The Morgan fingerprint density at radius 1 is 0.763 bits per heavy atom. The molecular weight excluding hydrogens is 602 g/mol. The van der Waals surface area contributed by atoms with Gasteiger partial charge in [0.15, 0.2) is 23.3 Å². The Bertz CT molecular complexity index is 1360. The van der Waals surface area contributed by atoms with Gasteiger partial charge in [-0.15, -0.1) is 0 Å². The van der Waals surface area contributed by atoms with Crippen molar-refractivity contribution in [1.29, 1.82) is 0 Å². The average molecular weight is 609 g/mol. The summed E-state index contributed by atoms with van der Waals surface area (Å²) in [6.45, 7) is 0.638. The molecule has 0 aliphatic carbocycles. The standard InChI is InChI=1S/C20H7F13N2O2.Mn/c1-5-8(16(36)9-6(18(25,26)27)3-2-4-7(9)19(28,29)30)17(37)35(34-5)15-13(23)11(21)10(20(31,32)33)12(22)14(15)24;/h2-4,37H,1H3;. The van der Waals surface area contributed by atoms with Crippen molar-refractivity contribution in [1.82, 2.24) is 9.78 Å². The summed E-state index contributed by atoms with van der Waals surface area (Å²) in [7, 11) is 0. The molecule has 3 rings (SSSR count). The van der Waals surface area contributed by atoms with Crippen molar-refractivity contribution in [3.8, 4) is 11.6 Å². The van der Waals surface area contributed by atoms with Crippen molar-refractivity contribution >= 4 is 5.78 Å². The van der Waals surface area contributed by atoms with E-state index in [0.29, 0.717) is 13.0 Å². The number of nitrogens with zero attached hydrogens (tertiary/aromatic N) is 2. The summed E-state index contributed by atoms with van der Waals surface area (Å²) in [6.07, 6.45) is -17.1. The maximum Gasteiger partial charge on any atom is 0.422 e. The molecule has 0 atom stereocenters. The topological polar surface area (TPSA) is 55.1 Å². The number of hydrogen-bond donors (Lipinski definition) is 1. The van der Waals surface area contributed by atoms with Crippen molar-refractivity contribution in [2.75, 3.05) is 0 Å². The van der Waals surface area contributed by atoms with E-state index in [4.69, 9.17) is 0 Å². The van der Waals surface area contributed by atoms with Gasteiger partial charge in [0.1, 0.15) is 16.8 Å². The molecule has 0 saturated carbocycles. The van der Waals surface area contributed by atoms with Crippen LogP contribution in [0.5, 0.6) is 5.88 Å². The first-order valence-corrected chi connectivity index (χ1v) is 9.25. The first-order valence-electron chi connectivity index (χ1n) is 9.25. The third kappa shape index (κ3) is 5.06. The fourth-order valence-electron chi connectivity index (χ4n) is 3.39. The predicted molar refractivity (Wildman–Crippen MR) is 94.7 cm³/mol. The van der Waals surface area contributed by atoms with E-state index < -0.39 is 97.3 Å². The van der Waals surface area contributed by atoms with Crippen molar-refractivity contribution in [3.63, 3.8) is 0 Å². The number of rotatable bonds is 3. The van der Waals surface area contributed by atoms with Crippen LogP contribution in [0.1, 0.15) is 38.3 Å². The molecule has 4 nitrogen and oxygen atoms in total. The Morgan fingerprint density at radius 2 is 1.18 bits per heavy atom. The summed E-state index contributed by atoms with van der Waals surface area (Å²) >= 11 is 0. The van der Waals surface area contributed by atoms with Gasteiger partial charge < -0.3 is 5.11 Å². The van der Waals surface area contributed by atoms with E-state index in [1.807, 2.05) is 0 Å². The largest absolute Gasteiger partial charge is 0.493 e. The zero-order valence-corrected chi connectivity index (χ0v) is 19.0. The van der Waals surface area contributed by atoms with Crippen LogP contribution in [0.15, 0.2) is 18.2 Å². The maximum absolute atomic E-state index is 14.4. The normalized spacial score (nSPS) is 12.5. The third-order valence-corrected chi connectivity index (χ3v) is 4.90. The zero-order chi connectivity index (χ0) is 28.4. The molecule has 0 fully saturated rings. The molecule has 0 aliphatic rings. The summed E-state index contributed by atoms with van der Waals surface area (Å²) in [4.78, 5) is 12.9. The molecule has 18 heteroatoms. The first-order chi connectivity index (χ1) is 16.7. The van der Waals surface area contributed by atoms with E-state index in [2.05, 4.69) is 5.10 Å². The number of carbonyl (C=O) groups excluding carboxylic acids is 1. The predicted octanol–water partition coefficient (Wildman–Crippen LogP) is 6.73. The van der Waals surface area contributed by atoms with Crippen LogP contribution in [0.4, 0.5) is 57.1 Å². The van der Waals surface area contributed by atoms with Gasteiger partial charge >= 0.3 is 18.5 Å². The minimum Gasteiger partial charge on any atom is -0.493 e.